The molecule has 8 nitrogen and oxygen atoms in total. The van der Waals surface area contributed by atoms with Crippen LogP contribution in [0.2, 0.25) is 0 Å². The van der Waals surface area contributed by atoms with Crippen LogP contribution in [0.4, 0.5) is 0 Å². The molecule has 2 aromatic carbocycles. The zero-order chi connectivity index (χ0) is 25.9. The topological polar surface area (TPSA) is 87.1 Å². The third-order valence-corrected chi connectivity index (χ3v) is 7.00. The lowest BCUT2D eigenvalue weighted by Gasteiger charge is -2.29. The predicted octanol–water partition coefficient (Wildman–Crippen LogP) is 3.14. The van der Waals surface area contributed by atoms with E-state index in [4.69, 9.17) is 15.8 Å². The smallest absolute Gasteiger partial charge is 0.227 e. The number of benzene rings is 2. The van der Waals surface area contributed by atoms with Gasteiger partial charge in [0.05, 0.1) is 17.1 Å². The van der Waals surface area contributed by atoms with E-state index in [0.29, 0.717) is 11.8 Å². The molecule has 0 radical (unpaired) electrons. The minimum absolute atomic E-state index is 0.421. The number of rotatable bonds is 7. The summed E-state index contributed by atoms with van der Waals surface area (Å²) in [5.74, 6) is 1.05. The van der Waals surface area contributed by atoms with Crippen LogP contribution in [0.3, 0.4) is 0 Å². The van der Waals surface area contributed by atoms with Crippen LogP contribution in [-0.4, -0.2) is 72.2 Å². The summed E-state index contributed by atoms with van der Waals surface area (Å²) in [4.78, 5) is 13.9. The maximum atomic E-state index is 6.23. The first-order valence-electron chi connectivity index (χ1n) is 12.8. The van der Waals surface area contributed by atoms with Gasteiger partial charge in [0, 0.05) is 51.9 Å². The Morgan fingerprint density at radius 1 is 1.14 bits per heavy atom. The van der Waals surface area contributed by atoms with Gasteiger partial charge in [-0.2, -0.15) is 10.1 Å². The van der Waals surface area contributed by atoms with E-state index in [1.165, 1.54) is 27.6 Å². The number of hydrogen-bond acceptors (Lipinski definition) is 6. The van der Waals surface area contributed by atoms with Gasteiger partial charge in [-0.1, -0.05) is 42.5 Å². The summed E-state index contributed by atoms with van der Waals surface area (Å²) in [7, 11) is 8.16. The molecule has 3 aromatic rings. The Hall–Kier alpha value is -3.91. The van der Waals surface area contributed by atoms with Crippen LogP contribution >= 0.6 is 0 Å². The summed E-state index contributed by atoms with van der Waals surface area (Å²) in [6.07, 6.45) is 6.33. The summed E-state index contributed by atoms with van der Waals surface area (Å²) < 4.78 is 2.04. The molecular formula is C29H36N8. The first kappa shape index (κ1) is 24.8. The third-order valence-electron chi connectivity index (χ3n) is 7.00. The SMILES string of the molecule is CN(C)CCN/C=C\C(N)=N/C1=NC2=C(CCc3nn(C)c(Cc4cccc5ccccc45)c32)CN1C. The molecule has 37 heavy (non-hydrogen) atoms. The first-order chi connectivity index (χ1) is 17.9. The average molecular weight is 497 g/mol. The molecule has 1 aliphatic heterocycles. The fraction of sp³-hybridized carbons (Fsp3) is 0.345. The number of likely N-dealkylation sites (N-methyl/N-ethyl adjacent to an activating group) is 2. The molecule has 1 aliphatic carbocycles. The van der Waals surface area contributed by atoms with Crippen molar-refractivity contribution >= 4 is 28.3 Å². The largest absolute Gasteiger partial charge is 0.389 e. The van der Waals surface area contributed by atoms with E-state index in [9.17, 15) is 0 Å². The molecule has 0 bridgehead atoms. The lowest BCUT2D eigenvalue weighted by Crippen LogP contribution is -2.33. The number of amidine groups is 1. The average Bonchev–Trinajstić information content (AvgIpc) is 3.19. The Kier molecular flexibility index (Phi) is 7.10. The van der Waals surface area contributed by atoms with E-state index in [0.717, 1.165) is 55.9 Å². The van der Waals surface area contributed by atoms with Crippen LogP contribution in [0.25, 0.3) is 16.5 Å². The summed E-state index contributed by atoms with van der Waals surface area (Å²) in [5, 5.41) is 10.7. The number of nitrogens with one attached hydrogen (secondary N) is 1. The number of nitrogens with two attached hydrogens (primary N) is 1. The van der Waals surface area contributed by atoms with Gasteiger partial charge in [-0.25, -0.2) is 4.99 Å². The molecule has 192 valence electrons. The monoisotopic (exact) mass is 496 g/mol. The zero-order valence-electron chi connectivity index (χ0n) is 22.2. The normalized spacial score (nSPS) is 16.0. The lowest BCUT2D eigenvalue weighted by atomic mass is 9.89. The summed E-state index contributed by atoms with van der Waals surface area (Å²) in [5.41, 5.74) is 13.3. The van der Waals surface area contributed by atoms with Gasteiger partial charge >= 0.3 is 0 Å². The Balaban J connectivity index is 1.45. The number of guanidine groups is 1. The molecule has 3 N–H and O–H groups in total. The molecule has 0 spiro atoms. The van der Waals surface area contributed by atoms with Gasteiger partial charge in [-0.05, 0) is 54.9 Å². The van der Waals surface area contributed by atoms with Gasteiger partial charge in [0.25, 0.3) is 0 Å². The maximum absolute atomic E-state index is 6.23. The van der Waals surface area contributed by atoms with Gasteiger partial charge in [-0.15, -0.1) is 0 Å². The van der Waals surface area contributed by atoms with Gasteiger partial charge < -0.3 is 20.9 Å². The summed E-state index contributed by atoms with van der Waals surface area (Å²) >= 11 is 0. The molecule has 0 amide bonds. The van der Waals surface area contributed by atoms with Crippen molar-refractivity contribution in [2.24, 2.45) is 22.8 Å². The number of aromatic nitrogens is 2. The minimum atomic E-state index is 0.421. The highest BCUT2D eigenvalue weighted by molar-refractivity contribution is 6.03. The standard InChI is InChI=1S/C29H36N8/c1-35(2)17-16-31-15-14-26(30)32-29-33-28-22(19-36(29)3)12-13-24-27(28)25(37(4)34-24)18-21-10-7-9-20-8-5-6-11-23(20)21/h5-11,14-15,31H,12-13,16-19H2,1-4H3,(H2,30,32,33)/b15-14-. The van der Waals surface area contributed by atoms with Gasteiger partial charge in [-0.3, -0.25) is 4.68 Å². The highest BCUT2D eigenvalue weighted by Gasteiger charge is 2.30. The Bertz CT molecular complexity index is 1420. The number of fused-ring (bicyclic) bond motifs is 3. The molecule has 5 rings (SSSR count). The second-order valence-electron chi connectivity index (χ2n) is 10.1. The van der Waals surface area contributed by atoms with Gasteiger partial charge in [0.15, 0.2) is 0 Å². The van der Waals surface area contributed by atoms with Crippen molar-refractivity contribution in [1.29, 1.82) is 0 Å². The Morgan fingerprint density at radius 3 is 2.78 bits per heavy atom. The lowest BCUT2D eigenvalue weighted by molar-refractivity contribution is 0.410. The highest BCUT2D eigenvalue weighted by Crippen LogP contribution is 2.38. The van der Waals surface area contributed by atoms with Crippen molar-refractivity contribution in [2.75, 3.05) is 40.8 Å². The van der Waals surface area contributed by atoms with Crippen molar-refractivity contribution in [2.45, 2.75) is 19.3 Å². The van der Waals surface area contributed by atoms with E-state index >= 15 is 0 Å². The van der Waals surface area contributed by atoms with Crippen LogP contribution < -0.4 is 11.1 Å². The van der Waals surface area contributed by atoms with Crippen molar-refractivity contribution < 1.29 is 0 Å². The molecule has 0 fully saturated rings. The Labute approximate surface area is 218 Å². The van der Waals surface area contributed by atoms with E-state index < -0.39 is 0 Å². The number of nitrogens with zero attached hydrogens (tertiary/aromatic N) is 6. The zero-order valence-corrected chi connectivity index (χ0v) is 22.2. The fourth-order valence-electron chi connectivity index (χ4n) is 5.07. The van der Waals surface area contributed by atoms with Gasteiger partial charge in [0.1, 0.15) is 5.84 Å². The molecule has 1 aromatic heterocycles. The number of hydrogen-bond donors (Lipinski definition) is 2. The number of aryl methyl sites for hydroxylation is 2. The van der Waals surface area contributed by atoms with Gasteiger partial charge in [0.2, 0.25) is 5.96 Å². The molecule has 2 aliphatic rings. The van der Waals surface area contributed by atoms with E-state index in [-0.39, 0.29) is 0 Å². The third kappa shape index (κ3) is 5.29. The molecule has 0 unspecified atom stereocenters. The maximum Gasteiger partial charge on any atom is 0.227 e. The summed E-state index contributed by atoms with van der Waals surface area (Å²) in [6, 6.07) is 15.1. The van der Waals surface area contributed by atoms with E-state index in [1.54, 1.807) is 6.08 Å². The van der Waals surface area contributed by atoms with Crippen molar-refractivity contribution in [3.8, 4) is 0 Å². The summed E-state index contributed by atoms with van der Waals surface area (Å²) in [6.45, 7) is 2.58. The van der Waals surface area contributed by atoms with Crippen LogP contribution in [0, 0.1) is 0 Å². The van der Waals surface area contributed by atoms with Crippen molar-refractivity contribution in [3.63, 3.8) is 0 Å². The minimum Gasteiger partial charge on any atom is -0.389 e. The molecule has 0 saturated heterocycles. The second-order valence-corrected chi connectivity index (χ2v) is 10.1. The molecule has 2 heterocycles. The second kappa shape index (κ2) is 10.6. The van der Waals surface area contributed by atoms with E-state index in [1.807, 2.05) is 39.1 Å². The fourth-order valence-corrected chi connectivity index (χ4v) is 5.07. The van der Waals surface area contributed by atoms with Crippen LogP contribution in [0.5, 0.6) is 0 Å². The highest BCUT2D eigenvalue weighted by atomic mass is 15.3. The van der Waals surface area contributed by atoms with Crippen LogP contribution in [0.1, 0.15) is 28.9 Å². The van der Waals surface area contributed by atoms with Crippen molar-refractivity contribution in [3.05, 3.63) is 82.8 Å². The van der Waals surface area contributed by atoms with Crippen LogP contribution in [0.15, 0.2) is 70.3 Å². The molecule has 8 heteroatoms. The van der Waals surface area contributed by atoms with Crippen LogP contribution in [-0.2, 0) is 19.9 Å². The molecular weight excluding hydrogens is 460 g/mol. The molecule has 0 saturated carbocycles. The Morgan fingerprint density at radius 2 is 1.95 bits per heavy atom. The van der Waals surface area contributed by atoms with Crippen molar-refractivity contribution in [1.82, 2.24) is 24.9 Å². The van der Waals surface area contributed by atoms with E-state index in [2.05, 4.69) is 62.6 Å². The predicted molar refractivity (Wildman–Crippen MR) is 153 cm³/mol. The molecule has 0 atom stereocenters. The quantitative estimate of drug-likeness (QED) is 0.298. The first-order valence-corrected chi connectivity index (χ1v) is 12.8. The number of aliphatic imine (C=N–C) groups is 2.